The van der Waals surface area contributed by atoms with E-state index in [2.05, 4.69) is 11.8 Å². The van der Waals surface area contributed by atoms with Gasteiger partial charge in [-0.1, -0.05) is 30.0 Å². The number of carbonyl (C=O) groups is 1. The monoisotopic (exact) mass is 226 g/mol. The average molecular weight is 226 g/mol. The molecular weight excluding hydrogens is 212 g/mol. The van der Waals surface area contributed by atoms with Crippen molar-refractivity contribution in [2.45, 2.75) is 25.7 Å². The molecule has 17 heavy (non-hydrogen) atoms. The molecule has 0 fully saturated rings. The second-order valence-electron chi connectivity index (χ2n) is 4.09. The summed E-state index contributed by atoms with van der Waals surface area (Å²) in [6, 6.07) is 9.65. The van der Waals surface area contributed by atoms with Gasteiger partial charge < -0.3 is 5.11 Å². The summed E-state index contributed by atoms with van der Waals surface area (Å²) >= 11 is 0. The summed E-state index contributed by atoms with van der Waals surface area (Å²) in [7, 11) is 0. The molecule has 1 aliphatic rings. The lowest BCUT2D eigenvalue weighted by Gasteiger charge is -2.12. The summed E-state index contributed by atoms with van der Waals surface area (Å²) in [5.74, 6) is 5.23. The number of rotatable bonds is 1. The molecule has 0 unspecified atom stereocenters. The number of hydrogen-bond donors (Lipinski definition) is 1. The highest BCUT2D eigenvalue weighted by atomic mass is 16.4. The van der Waals surface area contributed by atoms with Crippen molar-refractivity contribution in [3.63, 3.8) is 0 Å². The molecule has 0 amide bonds. The van der Waals surface area contributed by atoms with Gasteiger partial charge in [0.1, 0.15) is 0 Å². The molecule has 2 rings (SSSR count). The van der Waals surface area contributed by atoms with E-state index in [0.717, 1.165) is 30.4 Å². The van der Waals surface area contributed by atoms with Gasteiger partial charge in [-0.25, -0.2) is 4.79 Å². The standard InChI is InChI=1S/C15H14O2/c16-15(17)14-9-5-4-8-13(14)11-10-12-6-2-1-3-7-12/h1-3,6-7H,4-5,8-9H2,(H,16,17). The lowest BCUT2D eigenvalue weighted by molar-refractivity contribution is -0.132. The van der Waals surface area contributed by atoms with E-state index in [-0.39, 0.29) is 0 Å². The van der Waals surface area contributed by atoms with Crippen LogP contribution in [0.15, 0.2) is 41.5 Å². The quantitative estimate of drug-likeness (QED) is 0.747. The van der Waals surface area contributed by atoms with Crippen molar-refractivity contribution < 1.29 is 9.90 Å². The zero-order valence-corrected chi connectivity index (χ0v) is 9.57. The predicted molar refractivity (Wildman–Crippen MR) is 66.4 cm³/mol. The number of benzene rings is 1. The second-order valence-corrected chi connectivity index (χ2v) is 4.09. The highest BCUT2D eigenvalue weighted by Gasteiger charge is 2.16. The summed E-state index contributed by atoms with van der Waals surface area (Å²) in [5, 5.41) is 9.08. The van der Waals surface area contributed by atoms with Crippen LogP contribution in [0.2, 0.25) is 0 Å². The van der Waals surface area contributed by atoms with Crippen molar-refractivity contribution in [2.24, 2.45) is 0 Å². The summed E-state index contributed by atoms with van der Waals surface area (Å²) in [6.45, 7) is 0. The van der Waals surface area contributed by atoms with Crippen LogP contribution < -0.4 is 0 Å². The lowest BCUT2D eigenvalue weighted by Crippen LogP contribution is -2.08. The van der Waals surface area contributed by atoms with E-state index in [1.54, 1.807) is 0 Å². The minimum atomic E-state index is -0.818. The summed E-state index contributed by atoms with van der Waals surface area (Å²) in [6.07, 6.45) is 3.43. The second kappa shape index (κ2) is 5.36. The van der Waals surface area contributed by atoms with Crippen molar-refractivity contribution in [1.82, 2.24) is 0 Å². The molecule has 2 heteroatoms. The van der Waals surface area contributed by atoms with Crippen molar-refractivity contribution in [1.29, 1.82) is 0 Å². The van der Waals surface area contributed by atoms with Crippen molar-refractivity contribution in [3.8, 4) is 11.8 Å². The molecule has 0 saturated carbocycles. The summed E-state index contributed by atoms with van der Waals surface area (Å²) in [4.78, 5) is 11.1. The van der Waals surface area contributed by atoms with Gasteiger partial charge in [0.15, 0.2) is 0 Å². The normalized spacial score (nSPS) is 15.1. The number of carboxylic acid groups (broad SMARTS) is 1. The van der Waals surface area contributed by atoms with E-state index in [0.29, 0.717) is 12.0 Å². The smallest absolute Gasteiger partial charge is 0.332 e. The van der Waals surface area contributed by atoms with Crippen molar-refractivity contribution >= 4 is 5.97 Å². The molecule has 1 aromatic carbocycles. The first-order chi connectivity index (χ1) is 8.27. The van der Waals surface area contributed by atoms with E-state index in [4.69, 9.17) is 5.11 Å². The van der Waals surface area contributed by atoms with Crippen LogP contribution in [0, 0.1) is 11.8 Å². The third-order valence-corrected chi connectivity index (χ3v) is 2.86. The van der Waals surface area contributed by atoms with E-state index < -0.39 is 5.97 Å². The zero-order chi connectivity index (χ0) is 12.1. The van der Waals surface area contributed by atoms with Crippen LogP contribution in [0.3, 0.4) is 0 Å². The number of aliphatic carboxylic acids is 1. The Morgan fingerprint density at radius 2 is 1.76 bits per heavy atom. The van der Waals surface area contributed by atoms with Gasteiger partial charge in [-0.2, -0.15) is 0 Å². The van der Waals surface area contributed by atoms with Gasteiger partial charge in [0.2, 0.25) is 0 Å². The van der Waals surface area contributed by atoms with Gasteiger partial charge in [0.05, 0.1) is 0 Å². The van der Waals surface area contributed by atoms with E-state index in [9.17, 15) is 4.79 Å². The first-order valence-corrected chi connectivity index (χ1v) is 5.80. The first-order valence-electron chi connectivity index (χ1n) is 5.80. The number of allylic oxidation sites excluding steroid dienone is 1. The Kier molecular flexibility index (Phi) is 3.62. The molecule has 0 saturated heterocycles. The van der Waals surface area contributed by atoms with E-state index >= 15 is 0 Å². The third-order valence-electron chi connectivity index (χ3n) is 2.86. The van der Waals surface area contributed by atoms with Crippen LogP contribution in [0.1, 0.15) is 31.2 Å². The lowest BCUT2D eigenvalue weighted by atomic mass is 9.92. The SMILES string of the molecule is O=C(O)C1=C(C#Cc2ccccc2)CCCC1. The largest absolute Gasteiger partial charge is 0.478 e. The third kappa shape index (κ3) is 2.98. The van der Waals surface area contributed by atoms with Gasteiger partial charge in [-0.05, 0) is 37.8 Å². The van der Waals surface area contributed by atoms with Gasteiger partial charge in [0.25, 0.3) is 0 Å². The fourth-order valence-corrected chi connectivity index (χ4v) is 1.95. The molecule has 0 aromatic heterocycles. The Morgan fingerprint density at radius 1 is 1.06 bits per heavy atom. The molecule has 0 spiro atoms. The Labute approximate surface area is 101 Å². The van der Waals surface area contributed by atoms with Crippen LogP contribution in [-0.2, 0) is 4.79 Å². The predicted octanol–water partition coefficient (Wildman–Crippen LogP) is 2.99. The fraction of sp³-hybridized carbons (Fsp3) is 0.267. The van der Waals surface area contributed by atoms with E-state index in [1.165, 1.54) is 0 Å². The highest BCUT2D eigenvalue weighted by Crippen LogP contribution is 2.24. The molecule has 0 bridgehead atoms. The topological polar surface area (TPSA) is 37.3 Å². The van der Waals surface area contributed by atoms with Gasteiger partial charge in [-0.3, -0.25) is 0 Å². The molecule has 1 N–H and O–H groups in total. The van der Waals surface area contributed by atoms with Crippen LogP contribution >= 0.6 is 0 Å². The zero-order valence-electron chi connectivity index (χ0n) is 9.57. The molecule has 0 heterocycles. The fourth-order valence-electron chi connectivity index (χ4n) is 1.95. The number of carboxylic acids is 1. The molecule has 1 aromatic rings. The minimum absolute atomic E-state index is 0.500. The Balaban J connectivity index is 2.28. The van der Waals surface area contributed by atoms with Crippen molar-refractivity contribution in [2.75, 3.05) is 0 Å². The van der Waals surface area contributed by atoms with Crippen LogP contribution in [0.4, 0.5) is 0 Å². The maximum Gasteiger partial charge on any atom is 0.332 e. The average Bonchev–Trinajstić information content (AvgIpc) is 2.38. The van der Waals surface area contributed by atoms with Gasteiger partial charge in [0, 0.05) is 16.7 Å². The Morgan fingerprint density at radius 3 is 2.47 bits per heavy atom. The van der Waals surface area contributed by atoms with Crippen molar-refractivity contribution in [3.05, 3.63) is 47.0 Å². The maximum absolute atomic E-state index is 11.1. The molecule has 2 nitrogen and oxygen atoms in total. The summed E-state index contributed by atoms with van der Waals surface area (Å²) in [5.41, 5.74) is 2.22. The molecule has 0 atom stereocenters. The number of hydrogen-bond acceptors (Lipinski definition) is 1. The molecule has 86 valence electrons. The van der Waals surface area contributed by atoms with Crippen LogP contribution in [-0.4, -0.2) is 11.1 Å². The summed E-state index contributed by atoms with van der Waals surface area (Å²) < 4.78 is 0. The first kappa shape index (κ1) is 11.5. The Hall–Kier alpha value is -2.01. The minimum Gasteiger partial charge on any atom is -0.478 e. The van der Waals surface area contributed by atoms with Gasteiger partial charge in [-0.15, -0.1) is 0 Å². The highest BCUT2D eigenvalue weighted by molar-refractivity contribution is 5.88. The molecule has 1 aliphatic carbocycles. The maximum atomic E-state index is 11.1. The van der Waals surface area contributed by atoms with Crippen LogP contribution in [0.25, 0.3) is 0 Å². The molecule has 0 aliphatic heterocycles. The Bertz CT molecular complexity index is 501. The molecule has 0 radical (unpaired) electrons. The van der Waals surface area contributed by atoms with E-state index in [1.807, 2.05) is 30.3 Å². The van der Waals surface area contributed by atoms with Gasteiger partial charge >= 0.3 is 5.97 Å². The molecular formula is C15H14O2. The van der Waals surface area contributed by atoms with Crippen LogP contribution in [0.5, 0.6) is 0 Å².